The van der Waals surface area contributed by atoms with E-state index in [4.69, 9.17) is 9.47 Å². The molecule has 0 aliphatic heterocycles. The number of thioether (sulfide) groups is 1. The first-order valence-corrected chi connectivity index (χ1v) is 8.92. The monoisotopic (exact) mass is 355 g/mol. The number of benzene rings is 2. The SMILES string of the molecule is COc1ccc(OC)c(CSc2nncn2-c2ccc(C)cc2C)c1. The van der Waals surface area contributed by atoms with Crippen LogP contribution in [0.2, 0.25) is 0 Å². The molecule has 0 amide bonds. The second-order valence-electron chi connectivity index (χ2n) is 5.74. The van der Waals surface area contributed by atoms with Gasteiger partial charge in [-0.2, -0.15) is 0 Å². The van der Waals surface area contributed by atoms with Crippen LogP contribution in [-0.4, -0.2) is 29.0 Å². The van der Waals surface area contributed by atoms with E-state index in [2.05, 4.69) is 42.2 Å². The number of rotatable bonds is 6. The van der Waals surface area contributed by atoms with Crippen molar-refractivity contribution in [1.29, 1.82) is 0 Å². The lowest BCUT2D eigenvalue weighted by atomic mass is 10.1. The maximum absolute atomic E-state index is 5.45. The van der Waals surface area contributed by atoms with Crippen molar-refractivity contribution in [1.82, 2.24) is 14.8 Å². The highest BCUT2D eigenvalue weighted by Crippen LogP contribution is 2.31. The predicted octanol–water partition coefficient (Wildman–Crippen LogP) is 4.19. The maximum atomic E-state index is 5.45. The number of nitrogens with zero attached hydrogens (tertiary/aromatic N) is 3. The van der Waals surface area contributed by atoms with E-state index in [0.29, 0.717) is 5.75 Å². The van der Waals surface area contributed by atoms with E-state index >= 15 is 0 Å². The molecule has 5 nitrogen and oxygen atoms in total. The van der Waals surface area contributed by atoms with Gasteiger partial charge in [-0.1, -0.05) is 29.5 Å². The number of aromatic nitrogens is 3. The van der Waals surface area contributed by atoms with Crippen molar-refractivity contribution < 1.29 is 9.47 Å². The fraction of sp³-hybridized carbons (Fsp3) is 0.263. The summed E-state index contributed by atoms with van der Waals surface area (Å²) in [5.74, 6) is 2.36. The lowest BCUT2D eigenvalue weighted by molar-refractivity contribution is 0.400. The molecular weight excluding hydrogens is 334 g/mol. The summed E-state index contributed by atoms with van der Waals surface area (Å²) in [5, 5.41) is 9.20. The number of aryl methyl sites for hydroxylation is 2. The van der Waals surface area contributed by atoms with Crippen LogP contribution in [-0.2, 0) is 5.75 Å². The molecule has 1 aromatic heterocycles. The normalized spacial score (nSPS) is 10.7. The number of ether oxygens (including phenoxy) is 2. The Labute approximate surface area is 152 Å². The van der Waals surface area contributed by atoms with Crippen LogP contribution in [0.5, 0.6) is 11.5 Å². The van der Waals surface area contributed by atoms with Gasteiger partial charge in [-0.05, 0) is 43.7 Å². The largest absolute Gasteiger partial charge is 0.497 e. The van der Waals surface area contributed by atoms with Crippen molar-refractivity contribution in [2.75, 3.05) is 14.2 Å². The summed E-state index contributed by atoms with van der Waals surface area (Å²) < 4.78 is 12.8. The summed E-state index contributed by atoms with van der Waals surface area (Å²) in [7, 11) is 3.34. The first-order valence-electron chi connectivity index (χ1n) is 7.93. The third kappa shape index (κ3) is 3.79. The molecule has 0 N–H and O–H groups in total. The van der Waals surface area contributed by atoms with Crippen LogP contribution in [0.1, 0.15) is 16.7 Å². The molecule has 3 aromatic rings. The highest BCUT2D eigenvalue weighted by molar-refractivity contribution is 7.98. The second-order valence-corrected chi connectivity index (χ2v) is 6.68. The van der Waals surface area contributed by atoms with Crippen molar-refractivity contribution in [3.8, 4) is 17.2 Å². The summed E-state index contributed by atoms with van der Waals surface area (Å²) >= 11 is 1.62. The molecule has 25 heavy (non-hydrogen) atoms. The molecule has 2 aromatic carbocycles. The highest BCUT2D eigenvalue weighted by Gasteiger charge is 2.12. The zero-order valence-electron chi connectivity index (χ0n) is 14.8. The molecule has 0 saturated carbocycles. The van der Waals surface area contributed by atoms with Crippen molar-refractivity contribution in [3.05, 3.63) is 59.4 Å². The standard InChI is InChI=1S/C19H21N3O2S/c1-13-5-7-17(14(2)9-13)22-12-20-21-19(22)25-11-15-10-16(23-3)6-8-18(15)24-4/h5-10,12H,11H2,1-4H3. The topological polar surface area (TPSA) is 49.2 Å². The number of methoxy groups -OCH3 is 2. The average molecular weight is 355 g/mol. The van der Waals surface area contributed by atoms with E-state index in [1.807, 2.05) is 22.8 Å². The number of hydrogen-bond donors (Lipinski definition) is 0. The van der Waals surface area contributed by atoms with Crippen LogP contribution in [0.3, 0.4) is 0 Å². The zero-order valence-corrected chi connectivity index (χ0v) is 15.6. The minimum atomic E-state index is 0.712. The van der Waals surface area contributed by atoms with E-state index in [1.165, 1.54) is 11.1 Å². The quantitative estimate of drug-likeness (QED) is 0.621. The zero-order chi connectivity index (χ0) is 17.8. The summed E-state index contributed by atoms with van der Waals surface area (Å²) in [4.78, 5) is 0. The molecule has 130 valence electrons. The van der Waals surface area contributed by atoms with Crippen LogP contribution >= 0.6 is 11.8 Å². The Morgan fingerprint density at radius 3 is 2.60 bits per heavy atom. The van der Waals surface area contributed by atoms with Crippen LogP contribution in [0.25, 0.3) is 5.69 Å². The van der Waals surface area contributed by atoms with Gasteiger partial charge in [-0.15, -0.1) is 10.2 Å². The van der Waals surface area contributed by atoms with Crippen LogP contribution in [0.15, 0.2) is 47.9 Å². The molecule has 0 spiro atoms. The van der Waals surface area contributed by atoms with Gasteiger partial charge in [0.15, 0.2) is 5.16 Å². The van der Waals surface area contributed by atoms with Gasteiger partial charge < -0.3 is 9.47 Å². The van der Waals surface area contributed by atoms with Gasteiger partial charge in [-0.3, -0.25) is 4.57 Å². The Kier molecular flexibility index (Phi) is 5.28. The molecule has 0 unspecified atom stereocenters. The van der Waals surface area contributed by atoms with E-state index in [9.17, 15) is 0 Å². The van der Waals surface area contributed by atoms with Crippen LogP contribution in [0.4, 0.5) is 0 Å². The predicted molar refractivity (Wildman–Crippen MR) is 99.9 cm³/mol. The fourth-order valence-corrected chi connectivity index (χ4v) is 3.60. The van der Waals surface area contributed by atoms with E-state index in [-0.39, 0.29) is 0 Å². The van der Waals surface area contributed by atoms with Crippen LogP contribution < -0.4 is 9.47 Å². The lowest BCUT2D eigenvalue weighted by Crippen LogP contribution is -1.99. The Balaban J connectivity index is 1.85. The van der Waals surface area contributed by atoms with Gasteiger partial charge in [0.25, 0.3) is 0 Å². The van der Waals surface area contributed by atoms with Gasteiger partial charge >= 0.3 is 0 Å². The molecule has 0 bridgehead atoms. The van der Waals surface area contributed by atoms with E-state index in [0.717, 1.165) is 27.9 Å². The molecule has 0 aliphatic carbocycles. The maximum Gasteiger partial charge on any atom is 0.195 e. The lowest BCUT2D eigenvalue weighted by Gasteiger charge is -2.12. The smallest absolute Gasteiger partial charge is 0.195 e. The Bertz CT molecular complexity index is 877. The first kappa shape index (κ1) is 17.4. The van der Waals surface area contributed by atoms with E-state index < -0.39 is 0 Å². The van der Waals surface area contributed by atoms with Crippen molar-refractivity contribution in [2.45, 2.75) is 24.8 Å². The molecule has 0 saturated heterocycles. The molecule has 0 aliphatic rings. The van der Waals surface area contributed by atoms with Crippen molar-refractivity contribution in [3.63, 3.8) is 0 Å². The Hall–Kier alpha value is -2.47. The van der Waals surface area contributed by atoms with Crippen molar-refractivity contribution in [2.24, 2.45) is 0 Å². The molecule has 0 atom stereocenters. The minimum absolute atomic E-state index is 0.712. The summed E-state index contributed by atoms with van der Waals surface area (Å²) in [6.07, 6.45) is 1.75. The fourth-order valence-electron chi connectivity index (χ4n) is 2.70. The minimum Gasteiger partial charge on any atom is -0.497 e. The molecule has 0 fully saturated rings. The third-order valence-corrected chi connectivity index (χ3v) is 4.96. The second kappa shape index (κ2) is 7.61. The van der Waals surface area contributed by atoms with Gasteiger partial charge in [-0.25, -0.2) is 0 Å². The first-order chi connectivity index (χ1) is 12.1. The molecule has 3 rings (SSSR count). The van der Waals surface area contributed by atoms with Gasteiger partial charge in [0.05, 0.1) is 19.9 Å². The van der Waals surface area contributed by atoms with Crippen molar-refractivity contribution >= 4 is 11.8 Å². The third-order valence-electron chi connectivity index (χ3n) is 3.97. The van der Waals surface area contributed by atoms with Crippen LogP contribution in [0, 0.1) is 13.8 Å². The van der Waals surface area contributed by atoms with Gasteiger partial charge in [0, 0.05) is 11.3 Å². The molecular formula is C19H21N3O2S. The molecule has 6 heteroatoms. The molecule has 0 radical (unpaired) electrons. The highest BCUT2D eigenvalue weighted by atomic mass is 32.2. The average Bonchev–Trinajstić information content (AvgIpc) is 3.08. The number of hydrogen-bond acceptors (Lipinski definition) is 5. The summed E-state index contributed by atoms with van der Waals surface area (Å²) in [5.41, 5.74) is 4.59. The summed E-state index contributed by atoms with van der Waals surface area (Å²) in [6.45, 7) is 4.19. The Morgan fingerprint density at radius 1 is 1.04 bits per heavy atom. The molecule has 1 heterocycles. The summed E-state index contributed by atoms with van der Waals surface area (Å²) in [6, 6.07) is 12.2. The van der Waals surface area contributed by atoms with E-state index in [1.54, 1.807) is 32.3 Å². The van der Waals surface area contributed by atoms with Gasteiger partial charge in [0.1, 0.15) is 17.8 Å². The Morgan fingerprint density at radius 2 is 1.88 bits per heavy atom. The van der Waals surface area contributed by atoms with Gasteiger partial charge in [0.2, 0.25) is 0 Å².